The summed E-state index contributed by atoms with van der Waals surface area (Å²) >= 11 is 0. The highest BCUT2D eigenvalue weighted by atomic mass is 16.2. The standard InChI is InChI=1S/C13H25N3O2/c1-4-9(2)11(14)13(18)16-7-5-6-10(8-16)12(17)15-3/h9-11H,4-8,14H2,1-3H3,(H,15,17)/t9-,10?,11-/m0/s1. The van der Waals surface area contributed by atoms with Gasteiger partial charge in [-0.3, -0.25) is 9.59 Å². The maximum absolute atomic E-state index is 12.2. The lowest BCUT2D eigenvalue weighted by atomic mass is 9.94. The Balaban J connectivity index is 2.61. The van der Waals surface area contributed by atoms with E-state index in [0.717, 1.165) is 25.8 Å². The second-order valence-electron chi connectivity index (χ2n) is 5.15. The molecule has 0 aromatic heterocycles. The zero-order valence-electron chi connectivity index (χ0n) is 11.6. The van der Waals surface area contributed by atoms with Crippen LogP contribution in [-0.4, -0.2) is 42.9 Å². The molecule has 0 saturated carbocycles. The van der Waals surface area contributed by atoms with Crippen molar-refractivity contribution in [2.24, 2.45) is 17.6 Å². The summed E-state index contributed by atoms with van der Waals surface area (Å²) in [5.41, 5.74) is 5.96. The number of piperidine rings is 1. The summed E-state index contributed by atoms with van der Waals surface area (Å²) in [5, 5.41) is 2.65. The average molecular weight is 255 g/mol. The highest BCUT2D eigenvalue weighted by Crippen LogP contribution is 2.18. The lowest BCUT2D eigenvalue weighted by Crippen LogP contribution is -2.52. The molecule has 104 valence electrons. The molecule has 18 heavy (non-hydrogen) atoms. The fourth-order valence-electron chi connectivity index (χ4n) is 2.30. The molecule has 5 nitrogen and oxygen atoms in total. The van der Waals surface area contributed by atoms with Crippen molar-refractivity contribution < 1.29 is 9.59 Å². The van der Waals surface area contributed by atoms with Crippen molar-refractivity contribution in [1.82, 2.24) is 10.2 Å². The number of carbonyl (C=O) groups excluding carboxylic acids is 2. The number of rotatable bonds is 4. The minimum atomic E-state index is -0.446. The van der Waals surface area contributed by atoms with Crippen molar-refractivity contribution in [1.29, 1.82) is 0 Å². The van der Waals surface area contributed by atoms with E-state index in [9.17, 15) is 9.59 Å². The highest BCUT2D eigenvalue weighted by molar-refractivity contribution is 5.84. The lowest BCUT2D eigenvalue weighted by molar-refractivity contribution is -0.137. The van der Waals surface area contributed by atoms with Crippen molar-refractivity contribution in [2.45, 2.75) is 39.2 Å². The van der Waals surface area contributed by atoms with Crippen LogP contribution in [0, 0.1) is 11.8 Å². The van der Waals surface area contributed by atoms with Crippen LogP contribution in [0.25, 0.3) is 0 Å². The number of carbonyl (C=O) groups is 2. The lowest BCUT2D eigenvalue weighted by Gasteiger charge is -2.34. The molecule has 3 atom stereocenters. The third kappa shape index (κ3) is 3.45. The molecule has 1 saturated heterocycles. The van der Waals surface area contributed by atoms with E-state index < -0.39 is 6.04 Å². The van der Waals surface area contributed by atoms with Gasteiger partial charge in [0.15, 0.2) is 0 Å². The quantitative estimate of drug-likeness (QED) is 0.761. The van der Waals surface area contributed by atoms with Gasteiger partial charge in [0, 0.05) is 20.1 Å². The van der Waals surface area contributed by atoms with Gasteiger partial charge in [-0.25, -0.2) is 0 Å². The topological polar surface area (TPSA) is 75.4 Å². The summed E-state index contributed by atoms with van der Waals surface area (Å²) < 4.78 is 0. The van der Waals surface area contributed by atoms with E-state index in [0.29, 0.717) is 6.54 Å². The average Bonchev–Trinajstić information content (AvgIpc) is 2.43. The predicted octanol–water partition coefficient (Wildman–Crippen LogP) is 0.344. The van der Waals surface area contributed by atoms with Gasteiger partial charge in [-0.2, -0.15) is 0 Å². The Labute approximate surface area is 109 Å². The van der Waals surface area contributed by atoms with Gasteiger partial charge in [0.2, 0.25) is 11.8 Å². The van der Waals surface area contributed by atoms with E-state index in [1.165, 1.54) is 0 Å². The molecule has 1 rings (SSSR count). The molecule has 2 amide bonds. The van der Waals surface area contributed by atoms with E-state index in [1.807, 2.05) is 13.8 Å². The van der Waals surface area contributed by atoms with Gasteiger partial charge in [-0.1, -0.05) is 20.3 Å². The number of nitrogens with zero attached hydrogens (tertiary/aromatic N) is 1. The molecule has 5 heteroatoms. The third-order valence-corrected chi connectivity index (χ3v) is 3.89. The number of hydrogen-bond donors (Lipinski definition) is 2. The molecular weight excluding hydrogens is 230 g/mol. The second kappa shape index (κ2) is 6.73. The van der Waals surface area contributed by atoms with Crippen LogP contribution in [0.2, 0.25) is 0 Å². The Morgan fingerprint density at radius 2 is 2.17 bits per heavy atom. The van der Waals surface area contributed by atoms with Crippen molar-refractivity contribution in [2.75, 3.05) is 20.1 Å². The SMILES string of the molecule is CC[C@H](C)[C@H](N)C(=O)N1CCCC(C(=O)NC)C1. The van der Waals surface area contributed by atoms with Crippen LogP contribution in [0.15, 0.2) is 0 Å². The maximum Gasteiger partial charge on any atom is 0.239 e. The number of nitrogens with two attached hydrogens (primary N) is 1. The van der Waals surface area contributed by atoms with Gasteiger partial charge in [0.25, 0.3) is 0 Å². The largest absolute Gasteiger partial charge is 0.359 e. The van der Waals surface area contributed by atoms with E-state index in [4.69, 9.17) is 5.73 Å². The van der Waals surface area contributed by atoms with Crippen molar-refractivity contribution in [3.63, 3.8) is 0 Å². The summed E-state index contributed by atoms with van der Waals surface area (Å²) in [4.78, 5) is 25.6. The van der Waals surface area contributed by atoms with Gasteiger partial charge in [0.05, 0.1) is 12.0 Å². The van der Waals surface area contributed by atoms with Crippen LogP contribution >= 0.6 is 0 Å². The first-order valence-electron chi connectivity index (χ1n) is 6.77. The van der Waals surface area contributed by atoms with Crippen LogP contribution in [0.5, 0.6) is 0 Å². The molecule has 1 aliphatic rings. The van der Waals surface area contributed by atoms with Crippen molar-refractivity contribution >= 4 is 11.8 Å². The molecule has 1 heterocycles. The van der Waals surface area contributed by atoms with E-state index in [1.54, 1.807) is 11.9 Å². The van der Waals surface area contributed by atoms with E-state index in [-0.39, 0.29) is 23.7 Å². The Kier molecular flexibility index (Phi) is 5.59. The number of hydrogen-bond acceptors (Lipinski definition) is 3. The van der Waals surface area contributed by atoms with Crippen LogP contribution in [0.4, 0.5) is 0 Å². The zero-order valence-corrected chi connectivity index (χ0v) is 11.6. The van der Waals surface area contributed by atoms with Crippen LogP contribution < -0.4 is 11.1 Å². The first-order valence-corrected chi connectivity index (χ1v) is 6.77. The number of likely N-dealkylation sites (tertiary alicyclic amines) is 1. The molecule has 0 aromatic carbocycles. The molecule has 0 spiro atoms. The van der Waals surface area contributed by atoms with Crippen LogP contribution in [0.1, 0.15) is 33.1 Å². The summed E-state index contributed by atoms with van der Waals surface area (Å²) in [6.45, 7) is 5.24. The Bertz CT molecular complexity index is 307. The fourth-order valence-corrected chi connectivity index (χ4v) is 2.30. The molecule has 0 aliphatic carbocycles. The van der Waals surface area contributed by atoms with Gasteiger partial charge in [-0.05, 0) is 18.8 Å². The molecule has 1 fully saturated rings. The molecular formula is C13H25N3O2. The van der Waals surface area contributed by atoms with Crippen LogP contribution in [0.3, 0.4) is 0 Å². The smallest absolute Gasteiger partial charge is 0.239 e. The Morgan fingerprint density at radius 3 is 2.72 bits per heavy atom. The maximum atomic E-state index is 12.2. The molecule has 1 aliphatic heterocycles. The molecule has 1 unspecified atom stereocenters. The predicted molar refractivity (Wildman–Crippen MR) is 70.8 cm³/mol. The first kappa shape index (κ1) is 15.0. The molecule has 0 aromatic rings. The molecule has 3 N–H and O–H groups in total. The number of nitrogens with one attached hydrogen (secondary N) is 1. The minimum absolute atomic E-state index is 0.0158. The van der Waals surface area contributed by atoms with E-state index in [2.05, 4.69) is 5.32 Å². The van der Waals surface area contributed by atoms with Crippen molar-refractivity contribution in [3.05, 3.63) is 0 Å². The monoisotopic (exact) mass is 255 g/mol. The normalized spacial score (nSPS) is 23.3. The van der Waals surface area contributed by atoms with Crippen LogP contribution in [-0.2, 0) is 9.59 Å². The fraction of sp³-hybridized carbons (Fsp3) is 0.846. The third-order valence-electron chi connectivity index (χ3n) is 3.89. The Morgan fingerprint density at radius 1 is 1.50 bits per heavy atom. The Hall–Kier alpha value is -1.10. The summed E-state index contributed by atoms with van der Waals surface area (Å²) in [7, 11) is 1.63. The van der Waals surface area contributed by atoms with Crippen molar-refractivity contribution in [3.8, 4) is 0 Å². The summed E-state index contributed by atoms with van der Waals surface area (Å²) in [5.74, 6) is 0.0947. The van der Waals surface area contributed by atoms with Gasteiger partial charge in [0.1, 0.15) is 0 Å². The minimum Gasteiger partial charge on any atom is -0.359 e. The van der Waals surface area contributed by atoms with Gasteiger partial charge < -0.3 is 16.0 Å². The first-order chi connectivity index (χ1) is 8.51. The second-order valence-corrected chi connectivity index (χ2v) is 5.15. The van der Waals surface area contributed by atoms with E-state index >= 15 is 0 Å². The number of amides is 2. The molecule has 0 bridgehead atoms. The van der Waals surface area contributed by atoms with Gasteiger partial charge in [-0.15, -0.1) is 0 Å². The molecule has 0 radical (unpaired) electrons. The van der Waals surface area contributed by atoms with Gasteiger partial charge >= 0.3 is 0 Å². The summed E-state index contributed by atoms with van der Waals surface area (Å²) in [6.07, 6.45) is 2.61. The zero-order chi connectivity index (χ0) is 13.7. The summed E-state index contributed by atoms with van der Waals surface area (Å²) in [6, 6.07) is -0.446. The highest BCUT2D eigenvalue weighted by Gasteiger charge is 2.31.